The van der Waals surface area contributed by atoms with E-state index in [1.165, 1.54) is 30.6 Å². The summed E-state index contributed by atoms with van der Waals surface area (Å²) in [7, 11) is 0. The summed E-state index contributed by atoms with van der Waals surface area (Å²) in [6, 6.07) is 0.416. The lowest BCUT2D eigenvalue weighted by Crippen LogP contribution is -2.44. The quantitative estimate of drug-likeness (QED) is 0.910. The third-order valence-electron chi connectivity index (χ3n) is 5.15. The molecule has 4 nitrogen and oxygen atoms in total. The first-order chi connectivity index (χ1) is 10.8. The second kappa shape index (κ2) is 7.55. The van der Waals surface area contributed by atoms with Crippen molar-refractivity contribution in [2.45, 2.75) is 64.5 Å². The van der Waals surface area contributed by atoms with Gasteiger partial charge < -0.3 is 5.32 Å². The SMILES string of the molecule is Cc1ncsc1CN1CCCCCCNC(=O)C2CCCC21. The molecule has 1 saturated carbocycles. The molecule has 1 amide bonds. The normalized spacial score (nSPS) is 28.0. The van der Waals surface area contributed by atoms with E-state index in [9.17, 15) is 4.79 Å². The molecule has 1 aromatic rings. The highest BCUT2D eigenvalue weighted by Gasteiger charge is 2.36. The fourth-order valence-electron chi connectivity index (χ4n) is 3.84. The van der Waals surface area contributed by atoms with Crippen LogP contribution in [-0.4, -0.2) is 34.9 Å². The molecule has 122 valence electrons. The number of aromatic nitrogens is 1. The van der Waals surface area contributed by atoms with Gasteiger partial charge >= 0.3 is 0 Å². The summed E-state index contributed by atoms with van der Waals surface area (Å²) in [6.07, 6.45) is 8.26. The number of thiazole rings is 1. The molecule has 1 saturated heterocycles. The number of nitrogens with one attached hydrogen (secondary N) is 1. The second-order valence-corrected chi connectivity index (χ2v) is 7.58. The van der Waals surface area contributed by atoms with Crippen LogP contribution in [0.2, 0.25) is 0 Å². The molecule has 0 radical (unpaired) electrons. The van der Waals surface area contributed by atoms with Gasteiger partial charge in [0.15, 0.2) is 0 Å². The maximum absolute atomic E-state index is 12.5. The molecule has 2 atom stereocenters. The lowest BCUT2D eigenvalue weighted by Gasteiger charge is -2.32. The van der Waals surface area contributed by atoms with Crippen LogP contribution in [0, 0.1) is 12.8 Å². The smallest absolute Gasteiger partial charge is 0.224 e. The fraction of sp³-hybridized carbons (Fsp3) is 0.765. The van der Waals surface area contributed by atoms with Crippen LogP contribution >= 0.6 is 11.3 Å². The Labute approximate surface area is 137 Å². The van der Waals surface area contributed by atoms with Crippen LogP contribution in [0.3, 0.4) is 0 Å². The summed E-state index contributed by atoms with van der Waals surface area (Å²) >= 11 is 1.75. The number of aryl methyl sites for hydroxylation is 1. The Morgan fingerprint density at radius 1 is 1.27 bits per heavy atom. The molecule has 3 rings (SSSR count). The summed E-state index contributed by atoms with van der Waals surface area (Å²) in [6.45, 7) is 5.03. The Morgan fingerprint density at radius 3 is 2.95 bits per heavy atom. The number of rotatable bonds is 2. The maximum Gasteiger partial charge on any atom is 0.224 e. The molecule has 2 fully saturated rings. The number of carbonyl (C=O) groups is 1. The number of nitrogens with zero attached hydrogens (tertiary/aromatic N) is 2. The summed E-state index contributed by atoms with van der Waals surface area (Å²) in [5, 5.41) is 3.17. The highest BCUT2D eigenvalue weighted by molar-refractivity contribution is 7.09. The summed E-state index contributed by atoms with van der Waals surface area (Å²) < 4.78 is 0. The van der Waals surface area contributed by atoms with E-state index in [-0.39, 0.29) is 11.8 Å². The van der Waals surface area contributed by atoms with Crippen molar-refractivity contribution in [3.63, 3.8) is 0 Å². The highest BCUT2D eigenvalue weighted by Crippen LogP contribution is 2.32. The van der Waals surface area contributed by atoms with Gasteiger partial charge in [0.2, 0.25) is 5.91 Å². The van der Waals surface area contributed by atoms with E-state index >= 15 is 0 Å². The van der Waals surface area contributed by atoms with E-state index in [0.717, 1.165) is 44.6 Å². The van der Waals surface area contributed by atoms with Gasteiger partial charge in [-0.3, -0.25) is 9.69 Å². The standard InChI is InChI=1S/C17H27N3OS/c1-13-16(22-12-19-13)11-20-10-5-3-2-4-9-18-17(21)14-7-6-8-15(14)20/h12,14-15H,2-11H2,1H3,(H,18,21). The molecule has 0 spiro atoms. The zero-order valence-corrected chi connectivity index (χ0v) is 14.3. The summed E-state index contributed by atoms with van der Waals surface area (Å²) in [4.78, 5) is 20.8. The Hall–Kier alpha value is -0.940. The van der Waals surface area contributed by atoms with Gasteiger partial charge in [0, 0.05) is 24.0 Å². The molecular formula is C17H27N3OS. The maximum atomic E-state index is 12.5. The Morgan fingerprint density at radius 2 is 2.14 bits per heavy atom. The molecule has 1 aromatic heterocycles. The third kappa shape index (κ3) is 3.69. The minimum Gasteiger partial charge on any atom is -0.356 e. The van der Waals surface area contributed by atoms with Crippen molar-refractivity contribution in [2.75, 3.05) is 13.1 Å². The minimum atomic E-state index is 0.186. The topological polar surface area (TPSA) is 45.2 Å². The second-order valence-electron chi connectivity index (χ2n) is 6.64. The molecule has 2 aliphatic rings. The van der Waals surface area contributed by atoms with Crippen molar-refractivity contribution in [1.82, 2.24) is 15.2 Å². The zero-order chi connectivity index (χ0) is 15.4. The molecule has 1 N–H and O–H groups in total. The number of hydrogen-bond donors (Lipinski definition) is 1. The average molecular weight is 321 g/mol. The molecule has 2 unspecified atom stereocenters. The molecular weight excluding hydrogens is 294 g/mol. The first kappa shape index (κ1) is 15.9. The first-order valence-electron chi connectivity index (χ1n) is 8.66. The molecule has 0 bridgehead atoms. The Kier molecular flexibility index (Phi) is 5.47. The van der Waals surface area contributed by atoms with E-state index in [0.29, 0.717) is 6.04 Å². The fourth-order valence-corrected chi connectivity index (χ4v) is 4.65. The van der Waals surface area contributed by atoms with Crippen molar-refractivity contribution in [3.8, 4) is 0 Å². The number of amides is 1. The van der Waals surface area contributed by atoms with Gasteiger partial charge in [0.25, 0.3) is 0 Å². The van der Waals surface area contributed by atoms with Crippen LogP contribution in [-0.2, 0) is 11.3 Å². The first-order valence-corrected chi connectivity index (χ1v) is 9.54. The molecule has 0 aromatic carbocycles. The Balaban J connectivity index is 1.76. The van der Waals surface area contributed by atoms with Crippen LogP contribution in [0.1, 0.15) is 55.5 Å². The van der Waals surface area contributed by atoms with Gasteiger partial charge in [-0.25, -0.2) is 4.98 Å². The number of fused-ring (bicyclic) bond motifs is 1. The van der Waals surface area contributed by atoms with Crippen LogP contribution in [0.4, 0.5) is 0 Å². The van der Waals surface area contributed by atoms with Crippen LogP contribution in [0.15, 0.2) is 5.51 Å². The monoisotopic (exact) mass is 321 g/mol. The van der Waals surface area contributed by atoms with Crippen LogP contribution in [0.25, 0.3) is 0 Å². The molecule has 1 aliphatic heterocycles. The van der Waals surface area contributed by atoms with Gasteiger partial charge in [-0.05, 0) is 39.2 Å². The summed E-state index contributed by atoms with van der Waals surface area (Å²) in [5.41, 5.74) is 3.09. The average Bonchev–Trinajstić information content (AvgIpc) is 3.13. The molecule has 5 heteroatoms. The summed E-state index contributed by atoms with van der Waals surface area (Å²) in [5.74, 6) is 0.474. The minimum absolute atomic E-state index is 0.186. The van der Waals surface area contributed by atoms with E-state index in [2.05, 4.69) is 22.1 Å². The van der Waals surface area contributed by atoms with E-state index in [4.69, 9.17) is 0 Å². The van der Waals surface area contributed by atoms with Gasteiger partial charge in [-0.1, -0.05) is 19.3 Å². The van der Waals surface area contributed by atoms with Gasteiger partial charge in [-0.2, -0.15) is 0 Å². The lowest BCUT2D eigenvalue weighted by molar-refractivity contribution is -0.126. The van der Waals surface area contributed by atoms with Crippen molar-refractivity contribution in [3.05, 3.63) is 16.1 Å². The van der Waals surface area contributed by atoms with E-state index < -0.39 is 0 Å². The number of hydrogen-bond acceptors (Lipinski definition) is 4. The van der Waals surface area contributed by atoms with Gasteiger partial charge in [-0.15, -0.1) is 11.3 Å². The van der Waals surface area contributed by atoms with E-state index in [1.54, 1.807) is 11.3 Å². The largest absolute Gasteiger partial charge is 0.356 e. The molecule has 22 heavy (non-hydrogen) atoms. The van der Waals surface area contributed by atoms with Crippen molar-refractivity contribution < 1.29 is 4.79 Å². The zero-order valence-electron chi connectivity index (χ0n) is 13.5. The van der Waals surface area contributed by atoms with Gasteiger partial charge in [0.1, 0.15) is 0 Å². The van der Waals surface area contributed by atoms with Gasteiger partial charge in [0.05, 0.1) is 17.1 Å². The highest BCUT2D eigenvalue weighted by atomic mass is 32.1. The Bertz CT molecular complexity index is 502. The molecule has 2 heterocycles. The van der Waals surface area contributed by atoms with Crippen molar-refractivity contribution in [1.29, 1.82) is 0 Å². The lowest BCUT2D eigenvalue weighted by atomic mass is 10.0. The van der Waals surface area contributed by atoms with Crippen molar-refractivity contribution >= 4 is 17.2 Å². The van der Waals surface area contributed by atoms with E-state index in [1.807, 2.05) is 5.51 Å². The predicted molar refractivity (Wildman–Crippen MR) is 89.9 cm³/mol. The molecule has 1 aliphatic carbocycles. The predicted octanol–water partition coefficient (Wildman–Crippen LogP) is 3.11. The van der Waals surface area contributed by atoms with Crippen LogP contribution < -0.4 is 5.32 Å². The van der Waals surface area contributed by atoms with Crippen molar-refractivity contribution in [2.24, 2.45) is 5.92 Å². The van der Waals surface area contributed by atoms with Crippen LogP contribution in [0.5, 0.6) is 0 Å². The third-order valence-corrected chi connectivity index (χ3v) is 6.07. The number of carbonyl (C=O) groups excluding carboxylic acids is 1.